The van der Waals surface area contributed by atoms with E-state index in [2.05, 4.69) is 33.9 Å². The zero-order valence-electron chi connectivity index (χ0n) is 18.5. The maximum atomic E-state index is 13.8. The molecule has 0 aromatic heterocycles. The molecule has 0 saturated heterocycles. The fourth-order valence-electron chi connectivity index (χ4n) is 6.46. The molecule has 0 aliphatic heterocycles. The van der Waals surface area contributed by atoms with Gasteiger partial charge < -0.3 is 4.43 Å². The Kier molecular flexibility index (Phi) is 5.06. The number of ketones is 2. The lowest BCUT2D eigenvalue weighted by molar-refractivity contribution is -0.142. The molecule has 156 valence electrons. The van der Waals surface area contributed by atoms with Crippen LogP contribution in [-0.4, -0.2) is 26.0 Å². The summed E-state index contributed by atoms with van der Waals surface area (Å²) in [5.74, 6) is 1.07. The summed E-state index contributed by atoms with van der Waals surface area (Å²) in [4.78, 5) is 26.7. The van der Waals surface area contributed by atoms with Gasteiger partial charge in [-0.1, -0.05) is 32.8 Å². The third-order valence-corrected chi connectivity index (χ3v) is 13.3. The van der Waals surface area contributed by atoms with Gasteiger partial charge in [-0.3, -0.25) is 9.59 Å². The minimum absolute atomic E-state index is 0.148. The molecule has 4 aliphatic rings. The van der Waals surface area contributed by atoms with Crippen molar-refractivity contribution in [3.05, 3.63) is 11.1 Å². The second-order valence-electron chi connectivity index (χ2n) is 11.3. The van der Waals surface area contributed by atoms with Crippen LogP contribution in [0, 0.1) is 17.3 Å². The van der Waals surface area contributed by atoms with Gasteiger partial charge in [-0.2, -0.15) is 0 Å². The molecule has 0 aromatic carbocycles. The van der Waals surface area contributed by atoms with Crippen molar-refractivity contribution in [3.63, 3.8) is 0 Å². The summed E-state index contributed by atoms with van der Waals surface area (Å²) in [6.45, 7) is 11.6. The largest absolute Gasteiger partial charge is 0.414 e. The summed E-state index contributed by atoms with van der Waals surface area (Å²) in [6.07, 6.45) is 10.1. The van der Waals surface area contributed by atoms with Crippen molar-refractivity contribution in [3.8, 4) is 0 Å². The Morgan fingerprint density at radius 2 is 1.68 bits per heavy atom. The van der Waals surface area contributed by atoms with Gasteiger partial charge in [0, 0.05) is 23.9 Å². The van der Waals surface area contributed by atoms with E-state index in [1.54, 1.807) is 0 Å². The Hall–Kier alpha value is -0.743. The zero-order valence-corrected chi connectivity index (χ0v) is 19.5. The molecule has 4 aliphatic carbocycles. The van der Waals surface area contributed by atoms with Crippen molar-refractivity contribution >= 4 is 19.9 Å². The van der Waals surface area contributed by atoms with Crippen LogP contribution in [0.2, 0.25) is 18.1 Å². The van der Waals surface area contributed by atoms with Crippen LogP contribution in [-0.2, 0) is 14.0 Å². The molecule has 4 rings (SSSR count). The van der Waals surface area contributed by atoms with Crippen LogP contribution in [0.5, 0.6) is 0 Å². The van der Waals surface area contributed by atoms with Gasteiger partial charge in [0.2, 0.25) is 0 Å². The maximum absolute atomic E-state index is 13.8. The van der Waals surface area contributed by atoms with Crippen LogP contribution in [0.15, 0.2) is 11.1 Å². The lowest BCUT2D eigenvalue weighted by Crippen LogP contribution is -2.58. The molecule has 28 heavy (non-hydrogen) atoms. The number of hydrogen-bond donors (Lipinski definition) is 0. The Labute approximate surface area is 171 Å². The van der Waals surface area contributed by atoms with E-state index in [0.29, 0.717) is 23.8 Å². The molecule has 0 N–H and O–H groups in total. The Morgan fingerprint density at radius 3 is 2.39 bits per heavy atom. The highest BCUT2D eigenvalue weighted by atomic mass is 28.4. The highest BCUT2D eigenvalue weighted by Gasteiger charge is 2.60. The zero-order chi connectivity index (χ0) is 20.3. The first kappa shape index (κ1) is 20.5. The summed E-state index contributed by atoms with van der Waals surface area (Å²) in [7, 11) is -1.91. The molecule has 0 radical (unpaired) electrons. The van der Waals surface area contributed by atoms with Gasteiger partial charge in [-0.25, -0.2) is 0 Å². The molecule has 4 heteroatoms. The smallest absolute Gasteiger partial charge is 0.192 e. The molecule has 0 heterocycles. The van der Waals surface area contributed by atoms with Crippen molar-refractivity contribution in [2.45, 2.75) is 109 Å². The molecular weight excluding hydrogens is 364 g/mol. The third kappa shape index (κ3) is 3.01. The van der Waals surface area contributed by atoms with Gasteiger partial charge in [0.15, 0.2) is 19.9 Å². The van der Waals surface area contributed by atoms with Crippen molar-refractivity contribution in [1.29, 1.82) is 0 Å². The molecule has 0 aromatic rings. The molecular formula is C24H38O3Si. The maximum Gasteiger partial charge on any atom is 0.192 e. The van der Waals surface area contributed by atoms with Gasteiger partial charge >= 0.3 is 0 Å². The second-order valence-corrected chi connectivity index (χ2v) is 16.1. The van der Waals surface area contributed by atoms with E-state index in [-0.39, 0.29) is 28.1 Å². The van der Waals surface area contributed by atoms with Crippen LogP contribution in [0.25, 0.3) is 0 Å². The normalized spacial score (nSPS) is 36.7. The van der Waals surface area contributed by atoms with E-state index >= 15 is 0 Å². The monoisotopic (exact) mass is 402 g/mol. The van der Waals surface area contributed by atoms with Crippen LogP contribution >= 0.6 is 0 Å². The van der Waals surface area contributed by atoms with E-state index in [0.717, 1.165) is 51.4 Å². The number of hydrogen-bond acceptors (Lipinski definition) is 3. The van der Waals surface area contributed by atoms with Crippen LogP contribution in [0.1, 0.15) is 85.0 Å². The molecule has 0 amide bonds. The Morgan fingerprint density at radius 1 is 0.964 bits per heavy atom. The van der Waals surface area contributed by atoms with Crippen LogP contribution in [0.4, 0.5) is 0 Å². The fraction of sp³-hybridized carbons (Fsp3) is 0.833. The number of allylic oxidation sites excluding steroid dienone is 2. The summed E-state index contributed by atoms with van der Waals surface area (Å²) in [5, 5.41) is 0.173. The second kappa shape index (κ2) is 6.90. The van der Waals surface area contributed by atoms with Gasteiger partial charge in [0.05, 0.1) is 5.57 Å². The lowest BCUT2D eigenvalue weighted by Gasteiger charge is -2.56. The number of fused-ring (bicyclic) bond motifs is 3. The molecule has 3 saturated carbocycles. The van der Waals surface area contributed by atoms with Crippen molar-refractivity contribution in [1.82, 2.24) is 0 Å². The van der Waals surface area contributed by atoms with E-state index in [1.165, 1.54) is 12.0 Å². The lowest BCUT2D eigenvalue weighted by atomic mass is 9.50. The number of Topliss-reactive ketones (excluding diaryl/α,β-unsaturated/α-hetero) is 2. The molecule has 2 bridgehead atoms. The summed E-state index contributed by atoms with van der Waals surface area (Å²) in [6, 6.07) is 0. The van der Waals surface area contributed by atoms with E-state index in [1.807, 2.05) is 0 Å². The van der Waals surface area contributed by atoms with Crippen LogP contribution < -0.4 is 0 Å². The van der Waals surface area contributed by atoms with Crippen molar-refractivity contribution < 1.29 is 14.0 Å². The first-order valence-corrected chi connectivity index (χ1v) is 14.5. The predicted octanol–water partition coefficient (Wildman–Crippen LogP) is 5.99. The molecule has 3 nitrogen and oxygen atoms in total. The average Bonchev–Trinajstić information content (AvgIpc) is 2.68. The Balaban J connectivity index is 1.80. The van der Waals surface area contributed by atoms with E-state index in [4.69, 9.17) is 4.43 Å². The van der Waals surface area contributed by atoms with Gasteiger partial charge in [0.25, 0.3) is 0 Å². The quantitative estimate of drug-likeness (QED) is 0.421. The first-order valence-electron chi connectivity index (χ1n) is 11.6. The minimum Gasteiger partial charge on any atom is -0.414 e. The SMILES string of the molecule is CC(C)(C)[Si](C)(C)O[C@H]1CCC[C@@]23CCCC(=O)C(=C4CCCC[C@H]4[C@H]12)C3=O. The standard InChI is InChI=1S/C24H38O3Si/c1-23(2,3)28(4,5)27-19-13-9-15-24-14-8-12-18(25)20(22(24)26)16-10-6-7-11-17(16)21(19)24/h17,19,21H,6-15H2,1-5H3/t17-,19+,21-,24+/m1/s1. The molecule has 4 atom stereocenters. The molecule has 3 fully saturated rings. The Bertz CT molecular complexity index is 714. The van der Waals surface area contributed by atoms with Gasteiger partial charge in [-0.05, 0) is 75.4 Å². The summed E-state index contributed by atoms with van der Waals surface area (Å²) < 4.78 is 7.04. The topological polar surface area (TPSA) is 43.4 Å². The van der Waals surface area contributed by atoms with Crippen molar-refractivity contribution in [2.24, 2.45) is 17.3 Å². The fourth-order valence-corrected chi connectivity index (χ4v) is 7.83. The first-order chi connectivity index (χ1) is 13.1. The predicted molar refractivity (Wildman–Crippen MR) is 115 cm³/mol. The highest BCUT2D eigenvalue weighted by Crippen LogP contribution is 2.60. The van der Waals surface area contributed by atoms with Crippen LogP contribution in [0.3, 0.4) is 0 Å². The molecule has 1 spiro atoms. The van der Waals surface area contributed by atoms with E-state index < -0.39 is 8.32 Å². The highest BCUT2D eigenvalue weighted by molar-refractivity contribution is 6.74. The molecule has 0 unspecified atom stereocenters. The van der Waals surface area contributed by atoms with E-state index in [9.17, 15) is 9.59 Å². The summed E-state index contributed by atoms with van der Waals surface area (Å²) >= 11 is 0. The number of carbonyl (C=O) groups is 2. The number of rotatable bonds is 2. The van der Waals surface area contributed by atoms with Crippen molar-refractivity contribution in [2.75, 3.05) is 0 Å². The third-order valence-electron chi connectivity index (χ3n) is 8.80. The van der Waals surface area contributed by atoms with Gasteiger partial charge in [-0.15, -0.1) is 0 Å². The summed E-state index contributed by atoms with van der Waals surface area (Å²) in [5.41, 5.74) is 1.57. The minimum atomic E-state index is -1.91. The number of carbonyl (C=O) groups excluding carboxylic acids is 2. The van der Waals surface area contributed by atoms with Gasteiger partial charge in [0.1, 0.15) is 0 Å². The average molecular weight is 403 g/mol.